The second-order valence-electron chi connectivity index (χ2n) is 7.11. The zero-order chi connectivity index (χ0) is 18.7. The summed E-state index contributed by atoms with van der Waals surface area (Å²) in [7, 11) is 0. The molecule has 2 aromatic carbocycles. The fourth-order valence-electron chi connectivity index (χ4n) is 3.55. The van der Waals surface area contributed by atoms with Crippen molar-refractivity contribution in [1.82, 2.24) is 0 Å². The minimum absolute atomic E-state index is 0. The summed E-state index contributed by atoms with van der Waals surface area (Å²) >= 11 is 0. The first-order valence-corrected chi connectivity index (χ1v) is 8.82. The first-order valence-electron chi connectivity index (χ1n) is 8.82. The van der Waals surface area contributed by atoms with Gasteiger partial charge < -0.3 is 30.5 Å². The van der Waals surface area contributed by atoms with Crippen LogP contribution in [0, 0.1) is 33.6 Å². The molecule has 0 aromatic heterocycles. The molecule has 28 heavy (non-hydrogen) atoms. The van der Waals surface area contributed by atoms with Gasteiger partial charge in [-0.05, 0) is 40.5 Å². The van der Waals surface area contributed by atoms with E-state index in [1.54, 1.807) is 0 Å². The Bertz CT molecular complexity index is 830. The molecule has 1 atom stereocenters. The fraction of sp³-hybridized carbons (Fsp3) is 0.292. The molecule has 0 radical (unpaired) electrons. The molecule has 0 bridgehead atoms. The van der Waals surface area contributed by atoms with Crippen LogP contribution in [0.15, 0.2) is 53.6 Å². The van der Waals surface area contributed by atoms with Crippen LogP contribution in [0.2, 0.25) is 0 Å². The van der Waals surface area contributed by atoms with Gasteiger partial charge in [0.1, 0.15) is 0 Å². The predicted octanol–water partition coefficient (Wildman–Crippen LogP) is 1.54. The molecule has 1 nitrogen and oxygen atoms in total. The van der Waals surface area contributed by atoms with E-state index in [-0.39, 0.29) is 46.5 Å². The van der Waals surface area contributed by atoms with Crippen molar-refractivity contribution < 1.29 is 46.5 Å². The summed E-state index contributed by atoms with van der Waals surface area (Å²) in [5.41, 5.74) is 18.3. The Hall–Kier alpha value is -1.12. The van der Waals surface area contributed by atoms with E-state index in [2.05, 4.69) is 58.9 Å². The van der Waals surface area contributed by atoms with Crippen molar-refractivity contribution in [3.63, 3.8) is 0 Å². The largest absolute Gasteiger partial charge is 2.00 e. The summed E-state index contributed by atoms with van der Waals surface area (Å²) in [6.07, 6.45) is 2.33. The van der Waals surface area contributed by atoms with Crippen molar-refractivity contribution >= 4 is 11.3 Å². The van der Waals surface area contributed by atoms with Crippen molar-refractivity contribution in [2.75, 3.05) is 0 Å². The normalized spacial score (nSPS) is 14.6. The predicted molar refractivity (Wildman–Crippen MR) is 111 cm³/mol. The molecule has 1 aliphatic rings. The molecule has 0 spiro atoms. The van der Waals surface area contributed by atoms with Gasteiger partial charge in [0.25, 0.3) is 0 Å². The van der Waals surface area contributed by atoms with Gasteiger partial charge in [0.15, 0.2) is 0 Å². The maximum Gasteiger partial charge on any atom is 2.00 e. The standard InChI is InChI=1S/C15H17.C9H12N.2ClH.Ti/c1-10-7-5-6-8-14(10)15-12(3)9-11(2)13(15)4;1-6-4-7(2)9(10)8(3)5-6;;;/h5-9,12H,1H2,2-4H3;4-5,10H,1-3H3;2*1H;/q2*-1;;;+2/p-2. The number of halogens is 2. The first-order chi connectivity index (χ1) is 11.7. The van der Waals surface area contributed by atoms with E-state index >= 15 is 0 Å². The molecule has 150 valence electrons. The van der Waals surface area contributed by atoms with Crippen molar-refractivity contribution in [3.8, 4) is 0 Å². The van der Waals surface area contributed by atoms with Gasteiger partial charge in [-0.3, -0.25) is 0 Å². The van der Waals surface area contributed by atoms with Gasteiger partial charge in [-0.25, -0.2) is 0 Å². The summed E-state index contributed by atoms with van der Waals surface area (Å²) in [6, 6.07) is 12.5. The Labute approximate surface area is 198 Å². The van der Waals surface area contributed by atoms with E-state index in [0.29, 0.717) is 11.6 Å². The smallest absolute Gasteiger partial charge is 1.00 e. The maximum atomic E-state index is 7.54. The fourth-order valence-corrected chi connectivity index (χ4v) is 3.55. The molecule has 1 N–H and O–H groups in total. The van der Waals surface area contributed by atoms with Crippen molar-refractivity contribution in [3.05, 3.63) is 94.1 Å². The van der Waals surface area contributed by atoms with E-state index in [1.165, 1.54) is 27.8 Å². The second-order valence-corrected chi connectivity index (χ2v) is 7.11. The monoisotopic (exact) mass is 449 g/mol. The van der Waals surface area contributed by atoms with E-state index in [1.807, 2.05) is 32.0 Å². The molecule has 0 saturated heterocycles. The SMILES string of the molecule is Cc1cc(C)c([NH-])c(C)c1.[CH2-]c1ccccc1C1=C(C)C(C)=CC1C.[Cl-].[Cl-].[Ti+2]. The van der Waals surface area contributed by atoms with Crippen molar-refractivity contribution in [1.29, 1.82) is 0 Å². The molecule has 0 amide bonds. The Balaban J connectivity index is 0. The van der Waals surface area contributed by atoms with Crippen LogP contribution < -0.4 is 24.8 Å². The summed E-state index contributed by atoms with van der Waals surface area (Å²) < 4.78 is 0. The number of hydrogen-bond donors (Lipinski definition) is 0. The number of rotatable bonds is 1. The minimum Gasteiger partial charge on any atom is -1.00 e. The average molecular weight is 450 g/mol. The molecule has 2 aromatic rings. The van der Waals surface area contributed by atoms with Gasteiger partial charge in [-0.15, -0.1) is 23.4 Å². The van der Waals surface area contributed by atoms with Crippen molar-refractivity contribution in [2.24, 2.45) is 5.92 Å². The summed E-state index contributed by atoms with van der Waals surface area (Å²) in [5.74, 6) is 0.521. The zero-order valence-electron chi connectivity index (χ0n) is 17.6. The van der Waals surface area contributed by atoms with E-state index in [9.17, 15) is 0 Å². The van der Waals surface area contributed by atoms with E-state index in [0.717, 1.165) is 16.7 Å². The third-order valence-electron chi connectivity index (χ3n) is 4.94. The van der Waals surface area contributed by atoms with Crippen LogP contribution in [0.5, 0.6) is 0 Å². The quantitative estimate of drug-likeness (QED) is 0.465. The topological polar surface area (TPSA) is 23.8 Å². The van der Waals surface area contributed by atoms with Crippen molar-refractivity contribution in [2.45, 2.75) is 41.5 Å². The van der Waals surface area contributed by atoms with Crippen LogP contribution in [-0.2, 0) is 21.7 Å². The molecule has 3 rings (SSSR count). The average Bonchev–Trinajstić information content (AvgIpc) is 2.79. The summed E-state index contributed by atoms with van der Waals surface area (Å²) in [6.45, 7) is 16.7. The van der Waals surface area contributed by atoms with Gasteiger partial charge >= 0.3 is 21.7 Å². The minimum atomic E-state index is 0. The maximum absolute atomic E-state index is 7.54. The van der Waals surface area contributed by atoms with Crippen LogP contribution in [0.3, 0.4) is 0 Å². The van der Waals surface area contributed by atoms with E-state index < -0.39 is 0 Å². The Kier molecular flexibility index (Phi) is 12.9. The van der Waals surface area contributed by atoms with Crippen LogP contribution >= 0.6 is 0 Å². The molecule has 0 aliphatic heterocycles. The Morgan fingerprint density at radius 1 is 0.893 bits per heavy atom. The summed E-state index contributed by atoms with van der Waals surface area (Å²) in [4.78, 5) is 0. The van der Waals surface area contributed by atoms with Crippen LogP contribution in [0.4, 0.5) is 5.69 Å². The van der Waals surface area contributed by atoms with Gasteiger partial charge in [-0.1, -0.05) is 64.6 Å². The molecular weight excluding hydrogens is 421 g/mol. The number of allylic oxidation sites excluding steroid dienone is 4. The van der Waals surface area contributed by atoms with Crippen LogP contribution in [0.1, 0.15) is 48.6 Å². The van der Waals surface area contributed by atoms with Gasteiger partial charge in [0.05, 0.1) is 0 Å². The molecule has 4 heteroatoms. The Morgan fingerprint density at radius 3 is 1.82 bits per heavy atom. The number of benzene rings is 2. The molecular formula is C24H29Cl2NTi-2. The molecule has 0 saturated carbocycles. The molecule has 1 unspecified atom stereocenters. The van der Waals surface area contributed by atoms with Gasteiger partial charge in [0.2, 0.25) is 0 Å². The third-order valence-corrected chi connectivity index (χ3v) is 4.94. The Morgan fingerprint density at radius 2 is 1.39 bits per heavy atom. The van der Waals surface area contributed by atoms with Gasteiger partial charge in [0, 0.05) is 0 Å². The van der Waals surface area contributed by atoms with Gasteiger partial charge in [-0.2, -0.15) is 18.6 Å². The first kappa shape index (κ1) is 29.1. The number of nitrogens with one attached hydrogen (secondary N) is 1. The second kappa shape index (κ2) is 12.4. The molecule has 0 fully saturated rings. The van der Waals surface area contributed by atoms with E-state index in [4.69, 9.17) is 5.73 Å². The zero-order valence-corrected chi connectivity index (χ0v) is 20.7. The third kappa shape index (κ3) is 6.74. The summed E-state index contributed by atoms with van der Waals surface area (Å²) in [5, 5.41) is 0. The molecule has 0 heterocycles. The van der Waals surface area contributed by atoms with Crippen LogP contribution in [0.25, 0.3) is 11.3 Å². The number of aryl methyl sites for hydroxylation is 3. The van der Waals surface area contributed by atoms with Crippen LogP contribution in [-0.4, -0.2) is 0 Å². The molecule has 1 aliphatic carbocycles. The number of hydrogen-bond acceptors (Lipinski definition) is 0.